The van der Waals surface area contributed by atoms with Crippen molar-refractivity contribution in [3.63, 3.8) is 0 Å². The van der Waals surface area contributed by atoms with Crippen molar-refractivity contribution in [2.24, 2.45) is 10.8 Å². The van der Waals surface area contributed by atoms with E-state index in [0.717, 1.165) is 22.3 Å². The molecule has 0 atom stereocenters. The first-order chi connectivity index (χ1) is 14.9. The standard InChI is InChI=1S/C26H29FN2O3/c1-15-8-17(19-7-6-18(27)12-28-19)9-16(2)22(15)23-20(30)10-26(11-21(23)31)13-29(14-26)24(32)25(3,4)5/h6-9,12,23H,10-11,13-14H2,1-5H3. The topological polar surface area (TPSA) is 67.3 Å². The van der Waals surface area contributed by atoms with Crippen LogP contribution in [0.4, 0.5) is 4.39 Å². The summed E-state index contributed by atoms with van der Waals surface area (Å²) in [6, 6.07) is 6.78. The van der Waals surface area contributed by atoms with Crippen molar-refractivity contribution in [2.45, 2.75) is 53.4 Å². The molecule has 2 aromatic rings. The van der Waals surface area contributed by atoms with E-state index in [2.05, 4.69) is 4.98 Å². The Bertz CT molecular complexity index is 1070. The molecule has 0 N–H and O–H groups in total. The smallest absolute Gasteiger partial charge is 0.227 e. The van der Waals surface area contributed by atoms with E-state index in [1.54, 1.807) is 11.0 Å². The summed E-state index contributed by atoms with van der Waals surface area (Å²) < 4.78 is 13.2. The highest BCUT2D eigenvalue weighted by atomic mass is 19.1. The SMILES string of the molecule is Cc1cc(-c2ccc(F)cn2)cc(C)c1C1C(=O)CC2(CC1=O)CN(C(=O)C(C)(C)C)C2. The molecule has 1 aromatic carbocycles. The molecule has 2 aliphatic rings. The van der Waals surface area contributed by atoms with Gasteiger partial charge in [-0.15, -0.1) is 0 Å². The van der Waals surface area contributed by atoms with Crippen molar-refractivity contribution in [1.82, 2.24) is 9.88 Å². The van der Waals surface area contributed by atoms with Crippen molar-refractivity contribution >= 4 is 17.5 Å². The molecule has 1 spiro atoms. The quantitative estimate of drug-likeness (QED) is 0.655. The minimum absolute atomic E-state index is 0.0572. The largest absolute Gasteiger partial charge is 0.341 e. The molecule has 6 heteroatoms. The second-order valence-corrected chi connectivity index (χ2v) is 10.5. The molecule has 1 aliphatic heterocycles. The molecule has 168 valence electrons. The number of amides is 1. The van der Waals surface area contributed by atoms with E-state index >= 15 is 0 Å². The van der Waals surface area contributed by atoms with Crippen LogP contribution in [0.1, 0.15) is 56.2 Å². The lowest BCUT2D eigenvalue weighted by Gasteiger charge is -2.53. The number of hydrogen-bond acceptors (Lipinski definition) is 4. The third-order valence-electron chi connectivity index (χ3n) is 6.63. The Morgan fingerprint density at radius 1 is 1.06 bits per heavy atom. The van der Waals surface area contributed by atoms with Gasteiger partial charge in [0.25, 0.3) is 0 Å². The van der Waals surface area contributed by atoms with Crippen LogP contribution in [0.25, 0.3) is 11.3 Å². The normalized spacial score (nSPS) is 18.8. The number of aryl methyl sites for hydroxylation is 2. The Labute approximate surface area is 188 Å². The summed E-state index contributed by atoms with van der Waals surface area (Å²) in [4.78, 5) is 44.8. The number of carbonyl (C=O) groups excluding carboxylic acids is 3. The second kappa shape index (κ2) is 7.61. The van der Waals surface area contributed by atoms with Crippen LogP contribution in [0.3, 0.4) is 0 Å². The maximum atomic E-state index is 13.2. The fourth-order valence-electron chi connectivity index (χ4n) is 5.24. The van der Waals surface area contributed by atoms with E-state index in [4.69, 9.17) is 0 Å². The summed E-state index contributed by atoms with van der Waals surface area (Å²) in [6.45, 7) is 10.4. The molecule has 32 heavy (non-hydrogen) atoms. The van der Waals surface area contributed by atoms with Gasteiger partial charge in [-0.3, -0.25) is 19.4 Å². The predicted octanol–water partition coefficient (Wildman–Crippen LogP) is 4.39. The summed E-state index contributed by atoms with van der Waals surface area (Å²) in [5.74, 6) is -1.24. The van der Waals surface area contributed by atoms with Gasteiger partial charge in [-0.2, -0.15) is 0 Å². The van der Waals surface area contributed by atoms with Crippen LogP contribution in [0.15, 0.2) is 30.5 Å². The molecule has 2 fully saturated rings. The number of pyridine rings is 1. The van der Waals surface area contributed by atoms with Crippen LogP contribution < -0.4 is 0 Å². The minimum Gasteiger partial charge on any atom is -0.341 e. The maximum absolute atomic E-state index is 13.2. The number of hydrogen-bond donors (Lipinski definition) is 0. The summed E-state index contributed by atoms with van der Waals surface area (Å²) >= 11 is 0. The van der Waals surface area contributed by atoms with Gasteiger partial charge in [-0.05, 0) is 54.8 Å². The van der Waals surface area contributed by atoms with Crippen molar-refractivity contribution in [1.29, 1.82) is 0 Å². The molecule has 0 bridgehead atoms. The predicted molar refractivity (Wildman–Crippen MR) is 120 cm³/mol. The Kier molecular flexibility index (Phi) is 5.30. The van der Waals surface area contributed by atoms with E-state index in [-0.39, 0.29) is 17.5 Å². The van der Waals surface area contributed by atoms with Gasteiger partial charge in [-0.25, -0.2) is 4.39 Å². The first-order valence-electron chi connectivity index (χ1n) is 11.0. The van der Waals surface area contributed by atoms with Crippen LogP contribution >= 0.6 is 0 Å². The van der Waals surface area contributed by atoms with Gasteiger partial charge in [0, 0.05) is 42.3 Å². The highest BCUT2D eigenvalue weighted by Gasteiger charge is 2.54. The number of nitrogens with zero attached hydrogens (tertiary/aromatic N) is 2. The molecule has 0 radical (unpaired) electrons. The Hall–Kier alpha value is -2.89. The molecular weight excluding hydrogens is 407 g/mol. The zero-order valence-corrected chi connectivity index (χ0v) is 19.3. The summed E-state index contributed by atoms with van der Waals surface area (Å²) in [5, 5.41) is 0. The number of halogens is 1. The van der Waals surface area contributed by atoms with Crippen LogP contribution in [0.2, 0.25) is 0 Å². The molecule has 1 saturated carbocycles. The molecule has 1 aliphatic carbocycles. The van der Waals surface area contributed by atoms with E-state index in [9.17, 15) is 18.8 Å². The lowest BCUT2D eigenvalue weighted by atomic mass is 9.62. The molecular formula is C26H29FN2O3. The molecule has 2 heterocycles. The summed E-state index contributed by atoms with van der Waals surface area (Å²) in [5.41, 5.74) is 3.06. The number of rotatable bonds is 2. The van der Waals surface area contributed by atoms with Gasteiger partial charge >= 0.3 is 0 Å². The van der Waals surface area contributed by atoms with Crippen LogP contribution in [0.5, 0.6) is 0 Å². The highest BCUT2D eigenvalue weighted by molar-refractivity contribution is 6.11. The van der Waals surface area contributed by atoms with Gasteiger partial charge < -0.3 is 4.90 Å². The third-order valence-corrected chi connectivity index (χ3v) is 6.63. The third kappa shape index (κ3) is 3.87. The Morgan fingerprint density at radius 3 is 2.09 bits per heavy atom. The van der Waals surface area contributed by atoms with Crippen molar-refractivity contribution in [3.8, 4) is 11.3 Å². The zero-order valence-electron chi connectivity index (χ0n) is 19.3. The minimum atomic E-state index is -0.761. The molecule has 1 aromatic heterocycles. The van der Waals surface area contributed by atoms with Crippen LogP contribution in [-0.2, 0) is 14.4 Å². The van der Waals surface area contributed by atoms with E-state index < -0.39 is 22.6 Å². The number of ketones is 2. The zero-order chi connectivity index (χ0) is 23.4. The lowest BCUT2D eigenvalue weighted by Crippen LogP contribution is -2.63. The fraction of sp³-hybridized carbons (Fsp3) is 0.462. The number of carbonyl (C=O) groups is 3. The van der Waals surface area contributed by atoms with Gasteiger partial charge in [-0.1, -0.05) is 20.8 Å². The summed E-state index contributed by atoms with van der Waals surface area (Å²) in [6.07, 6.45) is 1.81. The number of aromatic nitrogens is 1. The number of likely N-dealkylation sites (tertiary alicyclic amines) is 1. The first-order valence-corrected chi connectivity index (χ1v) is 11.0. The van der Waals surface area contributed by atoms with Gasteiger partial charge in [0.15, 0.2) is 0 Å². The summed E-state index contributed by atoms with van der Waals surface area (Å²) in [7, 11) is 0. The maximum Gasteiger partial charge on any atom is 0.227 e. The van der Waals surface area contributed by atoms with Crippen LogP contribution in [0, 0.1) is 30.5 Å². The molecule has 1 amide bonds. The molecule has 4 rings (SSSR count). The average Bonchev–Trinajstić information content (AvgIpc) is 2.66. The number of benzene rings is 1. The van der Waals surface area contributed by atoms with E-state index in [0.29, 0.717) is 31.6 Å². The fourth-order valence-corrected chi connectivity index (χ4v) is 5.24. The van der Waals surface area contributed by atoms with Crippen molar-refractivity contribution < 1.29 is 18.8 Å². The van der Waals surface area contributed by atoms with E-state index in [1.165, 1.54) is 12.3 Å². The molecule has 1 saturated heterocycles. The van der Waals surface area contributed by atoms with Crippen molar-refractivity contribution in [2.75, 3.05) is 13.1 Å². The van der Waals surface area contributed by atoms with Crippen molar-refractivity contribution in [3.05, 3.63) is 53.0 Å². The Morgan fingerprint density at radius 2 is 1.62 bits per heavy atom. The second-order valence-electron chi connectivity index (χ2n) is 10.5. The molecule has 0 unspecified atom stereocenters. The monoisotopic (exact) mass is 436 g/mol. The first kappa shape index (κ1) is 22.3. The van der Waals surface area contributed by atoms with Gasteiger partial charge in [0.05, 0.1) is 11.9 Å². The molecule has 5 nitrogen and oxygen atoms in total. The van der Waals surface area contributed by atoms with Crippen LogP contribution in [-0.4, -0.2) is 40.4 Å². The Balaban J connectivity index is 1.56. The average molecular weight is 437 g/mol. The van der Waals surface area contributed by atoms with Gasteiger partial charge in [0.1, 0.15) is 23.3 Å². The highest BCUT2D eigenvalue weighted by Crippen LogP contribution is 2.47. The lowest BCUT2D eigenvalue weighted by molar-refractivity contribution is -0.160. The van der Waals surface area contributed by atoms with Gasteiger partial charge in [0.2, 0.25) is 5.91 Å². The van der Waals surface area contributed by atoms with E-state index in [1.807, 2.05) is 46.8 Å². The number of Topliss-reactive ketones (excluding diaryl/α,β-unsaturated/α-hetero) is 2.